The molecule has 2 aromatic rings. The maximum absolute atomic E-state index is 12.3. The van der Waals surface area contributed by atoms with Gasteiger partial charge in [-0.15, -0.1) is 0 Å². The van der Waals surface area contributed by atoms with E-state index in [9.17, 15) is 4.21 Å². The highest BCUT2D eigenvalue weighted by molar-refractivity contribution is 7.84. The minimum absolute atomic E-state index is 0.294. The lowest BCUT2D eigenvalue weighted by atomic mass is 10.1. The highest BCUT2D eigenvalue weighted by atomic mass is 32.2. The number of rotatable bonds is 4. The first kappa shape index (κ1) is 14.1. The van der Waals surface area contributed by atoms with Crippen LogP contribution in [0, 0.1) is 11.3 Å². The highest BCUT2D eigenvalue weighted by Gasteiger charge is 2.10. The lowest BCUT2D eigenvalue weighted by molar-refractivity contribution is 0.411. The Kier molecular flexibility index (Phi) is 4.38. The number of methoxy groups -OCH3 is 1. The highest BCUT2D eigenvalue weighted by Crippen LogP contribution is 2.23. The van der Waals surface area contributed by atoms with Gasteiger partial charge in [-0.1, -0.05) is 0 Å². The van der Waals surface area contributed by atoms with Crippen molar-refractivity contribution >= 4 is 16.5 Å². The van der Waals surface area contributed by atoms with Crippen LogP contribution >= 0.6 is 0 Å². The second kappa shape index (κ2) is 6.22. The van der Waals surface area contributed by atoms with Crippen molar-refractivity contribution in [3.8, 4) is 11.8 Å². The summed E-state index contributed by atoms with van der Waals surface area (Å²) in [5.74, 6) is 0.926. The average Bonchev–Trinajstić information content (AvgIpc) is 2.47. The van der Waals surface area contributed by atoms with E-state index in [1.54, 1.807) is 49.6 Å². The fraction of sp³-hybridized carbons (Fsp3) is 0.133. The lowest BCUT2D eigenvalue weighted by Crippen LogP contribution is -2.00. The summed E-state index contributed by atoms with van der Waals surface area (Å²) in [6, 6.07) is 14.1. The third-order valence-electron chi connectivity index (χ3n) is 2.84. The molecule has 2 rings (SSSR count). The summed E-state index contributed by atoms with van der Waals surface area (Å²) in [4.78, 5) is 0.698. The molecule has 2 N–H and O–H groups in total. The Bertz CT molecular complexity index is 675. The quantitative estimate of drug-likeness (QED) is 0.876. The van der Waals surface area contributed by atoms with E-state index in [2.05, 4.69) is 6.07 Å². The van der Waals surface area contributed by atoms with E-state index in [0.29, 0.717) is 27.6 Å². The van der Waals surface area contributed by atoms with Crippen molar-refractivity contribution in [1.82, 2.24) is 0 Å². The molecule has 0 saturated carbocycles. The number of nitrogen functional groups attached to an aromatic ring is 1. The Balaban J connectivity index is 2.27. The summed E-state index contributed by atoms with van der Waals surface area (Å²) < 4.78 is 17.6. The first-order valence-electron chi connectivity index (χ1n) is 5.95. The monoisotopic (exact) mass is 286 g/mol. The number of nitrogens with zero attached hydrogens (tertiary/aromatic N) is 1. The largest absolute Gasteiger partial charge is 0.496 e. The minimum atomic E-state index is -1.21. The Hall–Kier alpha value is -2.32. The van der Waals surface area contributed by atoms with Crippen molar-refractivity contribution in [2.45, 2.75) is 10.6 Å². The lowest BCUT2D eigenvalue weighted by Gasteiger charge is -2.09. The van der Waals surface area contributed by atoms with E-state index < -0.39 is 10.8 Å². The minimum Gasteiger partial charge on any atom is -0.496 e. The molecule has 0 heterocycles. The van der Waals surface area contributed by atoms with E-state index in [0.717, 1.165) is 5.56 Å². The molecule has 0 radical (unpaired) electrons. The van der Waals surface area contributed by atoms with Crippen LogP contribution in [0.15, 0.2) is 47.4 Å². The van der Waals surface area contributed by atoms with Crippen LogP contribution in [0.2, 0.25) is 0 Å². The van der Waals surface area contributed by atoms with E-state index >= 15 is 0 Å². The van der Waals surface area contributed by atoms with Gasteiger partial charge in [-0.05, 0) is 42.5 Å². The van der Waals surface area contributed by atoms with Crippen molar-refractivity contribution in [2.75, 3.05) is 12.8 Å². The number of anilines is 1. The van der Waals surface area contributed by atoms with Gasteiger partial charge in [0.05, 0.1) is 35.3 Å². The molecule has 5 heteroatoms. The van der Waals surface area contributed by atoms with E-state index in [1.165, 1.54) is 0 Å². The van der Waals surface area contributed by atoms with Gasteiger partial charge < -0.3 is 10.5 Å². The van der Waals surface area contributed by atoms with Gasteiger partial charge in [0.2, 0.25) is 0 Å². The molecule has 2 aromatic carbocycles. The fourth-order valence-corrected chi connectivity index (χ4v) is 2.92. The Morgan fingerprint density at radius 1 is 1.25 bits per heavy atom. The zero-order valence-electron chi connectivity index (χ0n) is 11.0. The number of nitrogens with two attached hydrogens (primary N) is 1. The average molecular weight is 286 g/mol. The van der Waals surface area contributed by atoms with Crippen LogP contribution in [-0.4, -0.2) is 11.3 Å². The second-order valence-electron chi connectivity index (χ2n) is 4.20. The molecule has 1 unspecified atom stereocenters. The van der Waals surface area contributed by atoms with E-state index in [4.69, 9.17) is 15.7 Å². The van der Waals surface area contributed by atoms with Gasteiger partial charge >= 0.3 is 0 Å². The van der Waals surface area contributed by atoms with Crippen LogP contribution in [0.3, 0.4) is 0 Å². The van der Waals surface area contributed by atoms with Gasteiger partial charge in [-0.3, -0.25) is 4.21 Å². The molecule has 0 amide bonds. The van der Waals surface area contributed by atoms with Crippen molar-refractivity contribution < 1.29 is 8.95 Å². The molecule has 0 fully saturated rings. The molecule has 0 saturated heterocycles. The van der Waals surface area contributed by atoms with Gasteiger partial charge in [0.15, 0.2) is 0 Å². The maximum atomic E-state index is 12.3. The molecule has 1 atom stereocenters. The third-order valence-corrected chi connectivity index (χ3v) is 4.21. The molecule has 4 nitrogen and oxygen atoms in total. The number of hydrogen-bond acceptors (Lipinski definition) is 4. The van der Waals surface area contributed by atoms with Crippen LogP contribution in [-0.2, 0) is 16.6 Å². The van der Waals surface area contributed by atoms with Crippen LogP contribution < -0.4 is 10.5 Å². The Labute approximate surface area is 120 Å². The Morgan fingerprint density at radius 2 is 1.95 bits per heavy atom. The van der Waals surface area contributed by atoms with Gasteiger partial charge in [-0.25, -0.2) is 0 Å². The first-order chi connectivity index (χ1) is 9.63. The van der Waals surface area contributed by atoms with Crippen molar-refractivity contribution in [1.29, 1.82) is 5.26 Å². The van der Waals surface area contributed by atoms with Gasteiger partial charge in [0.1, 0.15) is 5.75 Å². The van der Waals surface area contributed by atoms with Crippen LogP contribution in [0.25, 0.3) is 0 Å². The predicted octanol–water partition coefficient (Wildman–Crippen LogP) is 2.46. The number of benzene rings is 2. The van der Waals surface area contributed by atoms with Crippen LogP contribution in [0.1, 0.15) is 11.1 Å². The summed E-state index contributed by atoms with van der Waals surface area (Å²) in [6.45, 7) is 0. The normalized spacial score (nSPS) is 11.6. The van der Waals surface area contributed by atoms with Crippen molar-refractivity contribution in [3.63, 3.8) is 0 Å². The third kappa shape index (κ3) is 3.16. The summed E-state index contributed by atoms with van der Waals surface area (Å²) >= 11 is 0. The second-order valence-corrected chi connectivity index (χ2v) is 5.65. The number of hydrogen-bond donors (Lipinski definition) is 1. The summed E-state index contributed by atoms with van der Waals surface area (Å²) in [5, 5.41) is 8.93. The molecule has 0 spiro atoms. The summed E-state index contributed by atoms with van der Waals surface area (Å²) in [6.07, 6.45) is 0. The summed E-state index contributed by atoms with van der Waals surface area (Å²) in [7, 11) is 0.343. The zero-order chi connectivity index (χ0) is 14.5. The smallest absolute Gasteiger partial charge is 0.123 e. The molecule has 0 bridgehead atoms. The SMILES string of the molecule is COc1ccc(C#N)cc1CS(=O)c1ccc(N)cc1. The first-order valence-corrected chi connectivity index (χ1v) is 7.27. The van der Waals surface area contributed by atoms with Gasteiger partial charge in [-0.2, -0.15) is 5.26 Å². The standard InChI is InChI=1S/C15H14N2O2S/c1-19-15-7-2-11(9-16)8-12(15)10-20(18)14-5-3-13(17)4-6-14/h2-8H,10,17H2,1H3. The predicted molar refractivity (Wildman–Crippen MR) is 78.7 cm³/mol. The topological polar surface area (TPSA) is 76.1 Å². The number of ether oxygens (including phenoxy) is 1. The fourth-order valence-electron chi connectivity index (χ4n) is 1.81. The van der Waals surface area contributed by atoms with Crippen molar-refractivity contribution in [2.24, 2.45) is 0 Å². The van der Waals surface area contributed by atoms with E-state index in [1.807, 2.05) is 0 Å². The molecular weight excluding hydrogens is 272 g/mol. The van der Waals surface area contributed by atoms with E-state index in [-0.39, 0.29) is 0 Å². The molecule has 0 aliphatic carbocycles. The van der Waals surface area contributed by atoms with Crippen LogP contribution in [0.5, 0.6) is 5.75 Å². The Morgan fingerprint density at radius 3 is 2.55 bits per heavy atom. The van der Waals surface area contributed by atoms with Gasteiger partial charge in [0.25, 0.3) is 0 Å². The molecule has 20 heavy (non-hydrogen) atoms. The molecule has 0 aliphatic heterocycles. The molecule has 102 valence electrons. The molecule has 0 aliphatic rings. The molecule has 0 aromatic heterocycles. The number of nitriles is 1. The summed E-state index contributed by atoms with van der Waals surface area (Å²) in [5.41, 5.74) is 7.52. The molecular formula is C15H14N2O2S. The van der Waals surface area contributed by atoms with Gasteiger partial charge in [0, 0.05) is 16.1 Å². The van der Waals surface area contributed by atoms with Crippen molar-refractivity contribution in [3.05, 3.63) is 53.6 Å². The zero-order valence-corrected chi connectivity index (χ0v) is 11.8. The maximum Gasteiger partial charge on any atom is 0.123 e. The van der Waals surface area contributed by atoms with Crippen LogP contribution in [0.4, 0.5) is 5.69 Å².